The Morgan fingerprint density at radius 1 is 1.06 bits per heavy atom. The van der Waals surface area contributed by atoms with Crippen LogP contribution in [0.1, 0.15) is 29.8 Å². The molecule has 174 valence electrons. The van der Waals surface area contributed by atoms with Gasteiger partial charge in [0.25, 0.3) is 0 Å². The molecule has 0 radical (unpaired) electrons. The van der Waals surface area contributed by atoms with Gasteiger partial charge in [-0.05, 0) is 63.4 Å². The summed E-state index contributed by atoms with van der Waals surface area (Å²) >= 11 is 6.23. The monoisotopic (exact) mass is 474 g/mol. The molecular formula is C26H27ClN6O. The lowest BCUT2D eigenvalue weighted by atomic mass is 9.96. The van der Waals surface area contributed by atoms with E-state index in [0.717, 1.165) is 64.4 Å². The summed E-state index contributed by atoms with van der Waals surface area (Å²) in [4.78, 5) is 15.3. The smallest absolute Gasteiger partial charge is 0.229 e. The van der Waals surface area contributed by atoms with Crippen molar-refractivity contribution < 1.29 is 4.79 Å². The van der Waals surface area contributed by atoms with Gasteiger partial charge in [0.05, 0.1) is 28.4 Å². The topological polar surface area (TPSA) is 75.9 Å². The first kappa shape index (κ1) is 22.3. The molecule has 7 nitrogen and oxygen atoms in total. The Hall–Kier alpha value is -3.45. The molecule has 0 aliphatic carbocycles. The van der Waals surface area contributed by atoms with Gasteiger partial charge in [-0.3, -0.25) is 4.79 Å². The van der Waals surface area contributed by atoms with Crippen LogP contribution in [-0.2, 0) is 4.79 Å². The van der Waals surface area contributed by atoms with Gasteiger partial charge in [0.2, 0.25) is 5.91 Å². The molecule has 1 amide bonds. The number of hydrogen-bond acceptors (Lipinski definition) is 5. The van der Waals surface area contributed by atoms with Crippen molar-refractivity contribution in [2.75, 3.05) is 23.3 Å². The van der Waals surface area contributed by atoms with E-state index in [-0.39, 0.29) is 11.8 Å². The second kappa shape index (κ2) is 9.06. The van der Waals surface area contributed by atoms with Crippen molar-refractivity contribution in [1.82, 2.24) is 20.0 Å². The molecule has 34 heavy (non-hydrogen) atoms. The van der Waals surface area contributed by atoms with Crippen LogP contribution in [0.4, 0.5) is 11.5 Å². The molecule has 4 aromatic rings. The van der Waals surface area contributed by atoms with Crippen molar-refractivity contribution >= 4 is 39.9 Å². The normalized spacial score (nSPS) is 16.1. The van der Waals surface area contributed by atoms with Gasteiger partial charge >= 0.3 is 0 Å². The minimum atomic E-state index is -0.164. The number of aromatic nitrogens is 4. The number of amides is 1. The van der Waals surface area contributed by atoms with Crippen molar-refractivity contribution in [1.29, 1.82) is 0 Å². The van der Waals surface area contributed by atoms with Gasteiger partial charge in [0.1, 0.15) is 5.52 Å². The van der Waals surface area contributed by atoms with Gasteiger partial charge in [-0.2, -0.15) is 10.2 Å². The fourth-order valence-corrected chi connectivity index (χ4v) is 4.88. The van der Waals surface area contributed by atoms with E-state index in [1.807, 2.05) is 67.1 Å². The SMILES string of the molecule is Cc1c(Cl)cccc1NC(=O)[C@@H]1CCCN(c2nnc(C)c3c(C)n(-c4ccccc4)nc23)C1. The number of hydrogen-bond donors (Lipinski definition) is 1. The third kappa shape index (κ3) is 4.01. The molecule has 1 aliphatic heterocycles. The largest absolute Gasteiger partial charge is 0.352 e. The molecule has 0 unspecified atom stereocenters. The lowest BCUT2D eigenvalue weighted by molar-refractivity contribution is -0.120. The number of para-hydroxylation sites is 1. The van der Waals surface area contributed by atoms with Gasteiger partial charge in [-0.1, -0.05) is 35.9 Å². The quantitative estimate of drug-likeness (QED) is 0.437. The van der Waals surface area contributed by atoms with Gasteiger partial charge in [-0.25, -0.2) is 4.68 Å². The van der Waals surface area contributed by atoms with E-state index in [4.69, 9.17) is 16.7 Å². The molecule has 8 heteroatoms. The number of nitrogens with one attached hydrogen (secondary N) is 1. The third-order valence-corrected chi connectivity index (χ3v) is 7.01. The molecule has 0 spiro atoms. The van der Waals surface area contributed by atoms with Crippen molar-refractivity contribution in [3.63, 3.8) is 0 Å². The highest BCUT2D eigenvalue weighted by Gasteiger charge is 2.29. The van der Waals surface area contributed by atoms with E-state index in [0.29, 0.717) is 11.6 Å². The number of carbonyl (C=O) groups excluding carboxylic acids is 1. The van der Waals surface area contributed by atoms with Crippen LogP contribution in [0, 0.1) is 26.7 Å². The standard InChI is InChI=1S/C26H27ClN6O/c1-16-21(27)12-7-13-22(16)28-26(34)19-9-8-14-32(15-19)25-24-23(17(2)29-30-25)18(3)33(31-24)20-10-5-4-6-11-20/h4-7,10-13,19H,8-9,14-15H2,1-3H3,(H,28,34)/t19-/m1/s1. The number of halogens is 1. The molecule has 3 heterocycles. The van der Waals surface area contributed by atoms with Crippen LogP contribution in [0.2, 0.25) is 5.02 Å². The van der Waals surface area contributed by atoms with E-state index >= 15 is 0 Å². The number of rotatable bonds is 4. The molecule has 1 N–H and O–H groups in total. The van der Waals surface area contributed by atoms with Crippen LogP contribution in [0.5, 0.6) is 0 Å². The Labute approximate surface area is 203 Å². The van der Waals surface area contributed by atoms with Crippen molar-refractivity contribution in [2.24, 2.45) is 5.92 Å². The van der Waals surface area contributed by atoms with Crippen molar-refractivity contribution in [2.45, 2.75) is 33.6 Å². The molecular weight excluding hydrogens is 448 g/mol. The van der Waals surface area contributed by atoms with Crippen LogP contribution in [-0.4, -0.2) is 39.0 Å². The highest BCUT2D eigenvalue weighted by Crippen LogP contribution is 2.32. The number of aryl methyl sites for hydroxylation is 2. The summed E-state index contributed by atoms with van der Waals surface area (Å²) in [6, 6.07) is 15.6. The predicted octanol–water partition coefficient (Wildman–Crippen LogP) is 5.25. The number of piperidine rings is 1. The summed E-state index contributed by atoms with van der Waals surface area (Å²) in [7, 11) is 0. The maximum absolute atomic E-state index is 13.1. The van der Waals surface area contributed by atoms with Gasteiger partial charge in [0.15, 0.2) is 5.82 Å². The molecule has 5 rings (SSSR count). The zero-order chi connectivity index (χ0) is 23.8. The maximum Gasteiger partial charge on any atom is 0.229 e. The summed E-state index contributed by atoms with van der Waals surface area (Å²) in [5.41, 5.74) is 5.32. The van der Waals surface area contributed by atoms with E-state index in [1.165, 1.54) is 0 Å². The Bertz CT molecular complexity index is 1370. The number of anilines is 2. The molecule has 1 saturated heterocycles. The second-order valence-corrected chi connectivity index (χ2v) is 9.26. The fraction of sp³-hybridized carbons (Fsp3) is 0.308. The zero-order valence-corrected chi connectivity index (χ0v) is 20.3. The van der Waals surface area contributed by atoms with Crippen LogP contribution in [0.15, 0.2) is 48.5 Å². The average Bonchev–Trinajstić information content (AvgIpc) is 3.21. The molecule has 1 aliphatic rings. The van der Waals surface area contributed by atoms with Crippen LogP contribution in [0.25, 0.3) is 16.6 Å². The van der Waals surface area contributed by atoms with Gasteiger partial charge in [0, 0.05) is 23.8 Å². The molecule has 0 saturated carbocycles. The lowest BCUT2D eigenvalue weighted by Crippen LogP contribution is -2.41. The first-order chi connectivity index (χ1) is 16.4. The second-order valence-electron chi connectivity index (χ2n) is 8.85. The molecule has 1 atom stereocenters. The maximum atomic E-state index is 13.1. The first-order valence-corrected chi connectivity index (χ1v) is 11.9. The Morgan fingerprint density at radius 2 is 1.85 bits per heavy atom. The number of carbonyl (C=O) groups is 1. The van der Waals surface area contributed by atoms with E-state index < -0.39 is 0 Å². The summed E-state index contributed by atoms with van der Waals surface area (Å²) in [6.07, 6.45) is 1.71. The number of fused-ring (bicyclic) bond motifs is 1. The van der Waals surface area contributed by atoms with Crippen molar-refractivity contribution in [3.05, 3.63) is 70.5 Å². The number of benzene rings is 2. The van der Waals surface area contributed by atoms with Crippen molar-refractivity contribution in [3.8, 4) is 5.69 Å². The number of nitrogens with zero attached hydrogens (tertiary/aromatic N) is 5. The summed E-state index contributed by atoms with van der Waals surface area (Å²) < 4.78 is 1.95. The summed E-state index contributed by atoms with van der Waals surface area (Å²) in [6.45, 7) is 7.30. The van der Waals surface area contributed by atoms with Crippen LogP contribution in [0.3, 0.4) is 0 Å². The van der Waals surface area contributed by atoms with E-state index in [9.17, 15) is 4.79 Å². The zero-order valence-electron chi connectivity index (χ0n) is 19.5. The highest BCUT2D eigenvalue weighted by atomic mass is 35.5. The molecule has 2 aromatic carbocycles. The molecule has 1 fully saturated rings. The van der Waals surface area contributed by atoms with E-state index in [2.05, 4.69) is 27.3 Å². The Balaban J connectivity index is 1.45. The first-order valence-electron chi connectivity index (χ1n) is 11.5. The third-order valence-electron chi connectivity index (χ3n) is 6.60. The minimum absolute atomic E-state index is 0.00243. The average molecular weight is 475 g/mol. The Kier molecular flexibility index (Phi) is 5.96. The fourth-order valence-electron chi connectivity index (χ4n) is 4.71. The lowest BCUT2D eigenvalue weighted by Gasteiger charge is -2.32. The van der Waals surface area contributed by atoms with Gasteiger partial charge < -0.3 is 10.2 Å². The highest BCUT2D eigenvalue weighted by molar-refractivity contribution is 6.31. The minimum Gasteiger partial charge on any atom is -0.352 e. The van der Waals surface area contributed by atoms with Crippen LogP contribution >= 0.6 is 11.6 Å². The predicted molar refractivity (Wildman–Crippen MR) is 136 cm³/mol. The van der Waals surface area contributed by atoms with Crippen LogP contribution < -0.4 is 10.2 Å². The Morgan fingerprint density at radius 3 is 2.65 bits per heavy atom. The summed E-state index contributed by atoms with van der Waals surface area (Å²) in [5.74, 6) is 0.565. The summed E-state index contributed by atoms with van der Waals surface area (Å²) in [5, 5.41) is 18.6. The molecule has 0 bridgehead atoms. The van der Waals surface area contributed by atoms with Gasteiger partial charge in [-0.15, -0.1) is 5.10 Å². The molecule has 2 aromatic heterocycles. The van der Waals surface area contributed by atoms with E-state index in [1.54, 1.807) is 0 Å².